The zero-order valence-electron chi connectivity index (χ0n) is 7.98. The van der Waals surface area contributed by atoms with Crippen LogP contribution in [-0.2, 0) is 6.54 Å². The van der Waals surface area contributed by atoms with Gasteiger partial charge in [-0.1, -0.05) is 30.9 Å². The molecule has 0 saturated carbocycles. The maximum atomic E-state index is 3.74. The SMILES string of the molecule is C=CC[n+]1cc[nH]c1-c1ccccc1. The molecule has 1 heterocycles. The van der Waals surface area contributed by atoms with Crippen molar-refractivity contribution in [2.75, 3.05) is 0 Å². The van der Waals surface area contributed by atoms with Crippen molar-refractivity contribution >= 4 is 0 Å². The quantitative estimate of drug-likeness (QED) is 0.558. The van der Waals surface area contributed by atoms with E-state index < -0.39 is 0 Å². The van der Waals surface area contributed by atoms with Gasteiger partial charge in [-0.25, -0.2) is 9.55 Å². The Morgan fingerprint density at radius 3 is 2.79 bits per heavy atom. The number of allylic oxidation sites excluding steroid dienone is 1. The number of nitrogens with zero attached hydrogens (tertiary/aromatic N) is 1. The molecular formula is C12H13N2+. The molecule has 2 rings (SSSR count). The molecule has 0 aliphatic rings. The van der Waals surface area contributed by atoms with Crippen LogP contribution < -0.4 is 4.57 Å². The molecule has 0 bridgehead atoms. The number of rotatable bonds is 3. The molecule has 0 radical (unpaired) electrons. The van der Waals surface area contributed by atoms with E-state index in [2.05, 4.69) is 28.3 Å². The minimum Gasteiger partial charge on any atom is -0.243 e. The lowest BCUT2D eigenvalue weighted by molar-refractivity contribution is -0.674. The topological polar surface area (TPSA) is 19.7 Å². The Hall–Kier alpha value is -1.83. The summed E-state index contributed by atoms with van der Waals surface area (Å²) in [6.07, 6.45) is 5.84. The lowest BCUT2D eigenvalue weighted by Crippen LogP contribution is -2.32. The average Bonchev–Trinajstić information content (AvgIpc) is 2.68. The Morgan fingerprint density at radius 2 is 2.07 bits per heavy atom. The molecular weight excluding hydrogens is 172 g/mol. The average molecular weight is 185 g/mol. The largest absolute Gasteiger partial charge is 0.286 e. The van der Waals surface area contributed by atoms with Crippen molar-refractivity contribution < 1.29 is 4.57 Å². The standard InChI is InChI=1S/C12H12N2/c1-2-9-14-10-8-13-12(14)11-6-4-3-5-7-11/h2-8,10H,1,9H2/p+1. The predicted molar refractivity (Wildman–Crippen MR) is 56.6 cm³/mol. The van der Waals surface area contributed by atoms with E-state index in [0.717, 1.165) is 12.4 Å². The monoisotopic (exact) mass is 185 g/mol. The second-order valence-electron chi connectivity index (χ2n) is 3.12. The van der Waals surface area contributed by atoms with Crippen LogP contribution >= 0.6 is 0 Å². The lowest BCUT2D eigenvalue weighted by Gasteiger charge is -1.96. The van der Waals surface area contributed by atoms with Gasteiger partial charge in [0.1, 0.15) is 18.9 Å². The molecule has 1 aromatic carbocycles. The molecule has 2 nitrogen and oxygen atoms in total. The molecule has 1 N–H and O–H groups in total. The number of aromatic nitrogens is 2. The highest BCUT2D eigenvalue weighted by Crippen LogP contribution is 2.11. The van der Waals surface area contributed by atoms with E-state index in [1.807, 2.05) is 36.7 Å². The zero-order chi connectivity index (χ0) is 9.80. The summed E-state index contributed by atoms with van der Waals surface area (Å²) in [5.41, 5.74) is 1.19. The molecule has 14 heavy (non-hydrogen) atoms. The van der Waals surface area contributed by atoms with E-state index in [1.54, 1.807) is 0 Å². The Kier molecular flexibility index (Phi) is 2.45. The number of benzene rings is 1. The fourth-order valence-corrected chi connectivity index (χ4v) is 1.50. The normalized spacial score (nSPS) is 10.0. The van der Waals surface area contributed by atoms with E-state index in [9.17, 15) is 0 Å². The molecule has 0 saturated heterocycles. The summed E-state index contributed by atoms with van der Waals surface area (Å²) < 4.78 is 2.13. The fraction of sp³-hybridized carbons (Fsp3) is 0.0833. The Morgan fingerprint density at radius 1 is 1.29 bits per heavy atom. The van der Waals surface area contributed by atoms with Crippen LogP contribution in [0.25, 0.3) is 11.4 Å². The summed E-state index contributed by atoms with van der Waals surface area (Å²) in [6.45, 7) is 4.56. The number of aromatic amines is 1. The van der Waals surface area contributed by atoms with Crippen molar-refractivity contribution in [1.82, 2.24) is 4.98 Å². The highest BCUT2D eigenvalue weighted by Gasteiger charge is 2.10. The highest BCUT2D eigenvalue weighted by molar-refractivity contribution is 5.51. The van der Waals surface area contributed by atoms with Crippen molar-refractivity contribution in [1.29, 1.82) is 0 Å². The highest BCUT2D eigenvalue weighted by atomic mass is 15.1. The van der Waals surface area contributed by atoms with Crippen LogP contribution in [-0.4, -0.2) is 4.98 Å². The number of imidazole rings is 1. The van der Waals surface area contributed by atoms with Crippen LogP contribution in [0.15, 0.2) is 55.4 Å². The lowest BCUT2D eigenvalue weighted by atomic mass is 10.2. The number of H-pyrrole nitrogens is 1. The molecule has 0 amide bonds. The maximum Gasteiger partial charge on any atom is 0.286 e. The summed E-state index contributed by atoms with van der Waals surface area (Å²) in [5, 5.41) is 0. The van der Waals surface area contributed by atoms with Crippen LogP contribution in [0, 0.1) is 0 Å². The first-order chi connectivity index (χ1) is 6.92. The third kappa shape index (κ3) is 1.59. The molecule has 0 atom stereocenters. The van der Waals surface area contributed by atoms with E-state index in [0.29, 0.717) is 0 Å². The molecule has 0 fully saturated rings. The fourth-order valence-electron chi connectivity index (χ4n) is 1.50. The smallest absolute Gasteiger partial charge is 0.243 e. The van der Waals surface area contributed by atoms with Gasteiger partial charge in [-0.15, -0.1) is 0 Å². The van der Waals surface area contributed by atoms with E-state index in [4.69, 9.17) is 0 Å². The van der Waals surface area contributed by atoms with Gasteiger partial charge in [-0.05, 0) is 12.1 Å². The molecule has 2 heteroatoms. The number of nitrogens with one attached hydrogen (secondary N) is 1. The Balaban J connectivity index is 2.41. The van der Waals surface area contributed by atoms with Gasteiger partial charge in [-0.3, -0.25) is 0 Å². The Bertz CT molecular complexity index is 415. The number of hydrogen-bond acceptors (Lipinski definition) is 0. The molecule has 0 aliphatic heterocycles. The molecule has 0 aliphatic carbocycles. The van der Waals surface area contributed by atoms with Crippen molar-refractivity contribution in [2.45, 2.75) is 6.54 Å². The van der Waals surface area contributed by atoms with Crippen molar-refractivity contribution in [3.63, 3.8) is 0 Å². The minimum atomic E-state index is 0.827. The van der Waals surface area contributed by atoms with E-state index >= 15 is 0 Å². The number of hydrogen-bond donors (Lipinski definition) is 1. The summed E-state index contributed by atoms with van der Waals surface area (Å²) >= 11 is 0. The van der Waals surface area contributed by atoms with Crippen LogP contribution in [0.4, 0.5) is 0 Å². The third-order valence-electron chi connectivity index (χ3n) is 2.13. The van der Waals surface area contributed by atoms with Crippen LogP contribution in [0.2, 0.25) is 0 Å². The second kappa shape index (κ2) is 3.92. The molecule has 0 spiro atoms. The van der Waals surface area contributed by atoms with Gasteiger partial charge in [0.2, 0.25) is 0 Å². The molecule has 70 valence electrons. The van der Waals surface area contributed by atoms with Crippen molar-refractivity contribution in [3.8, 4) is 11.4 Å². The van der Waals surface area contributed by atoms with Gasteiger partial charge >= 0.3 is 0 Å². The van der Waals surface area contributed by atoms with Gasteiger partial charge in [0.05, 0.1) is 5.56 Å². The van der Waals surface area contributed by atoms with Gasteiger partial charge in [-0.2, -0.15) is 0 Å². The van der Waals surface area contributed by atoms with Crippen LogP contribution in [0.3, 0.4) is 0 Å². The van der Waals surface area contributed by atoms with Gasteiger partial charge in [0, 0.05) is 0 Å². The van der Waals surface area contributed by atoms with E-state index in [1.165, 1.54) is 5.56 Å². The summed E-state index contributed by atoms with van der Waals surface area (Å²) in [4.78, 5) is 3.22. The Labute approximate surface area is 83.5 Å². The summed E-state index contributed by atoms with van der Waals surface area (Å²) in [5.74, 6) is 1.12. The first-order valence-electron chi connectivity index (χ1n) is 4.65. The van der Waals surface area contributed by atoms with Gasteiger partial charge < -0.3 is 0 Å². The van der Waals surface area contributed by atoms with E-state index in [-0.39, 0.29) is 0 Å². The van der Waals surface area contributed by atoms with Crippen molar-refractivity contribution in [2.24, 2.45) is 0 Å². The second-order valence-corrected chi connectivity index (χ2v) is 3.12. The van der Waals surface area contributed by atoms with Crippen molar-refractivity contribution in [3.05, 3.63) is 55.4 Å². The molecule has 0 unspecified atom stereocenters. The zero-order valence-corrected chi connectivity index (χ0v) is 7.98. The third-order valence-corrected chi connectivity index (χ3v) is 2.13. The first kappa shape index (κ1) is 8.75. The van der Waals surface area contributed by atoms with Gasteiger partial charge in [0.25, 0.3) is 5.82 Å². The minimum absolute atomic E-state index is 0.827. The maximum absolute atomic E-state index is 3.74. The van der Waals surface area contributed by atoms with Gasteiger partial charge in [0.15, 0.2) is 0 Å². The summed E-state index contributed by atoms with van der Waals surface area (Å²) in [6, 6.07) is 10.3. The molecule has 1 aromatic heterocycles. The first-order valence-corrected chi connectivity index (χ1v) is 4.65. The predicted octanol–water partition coefficient (Wildman–Crippen LogP) is 2.16. The van der Waals surface area contributed by atoms with Crippen LogP contribution in [0.1, 0.15) is 0 Å². The van der Waals surface area contributed by atoms with Crippen LogP contribution in [0.5, 0.6) is 0 Å². The summed E-state index contributed by atoms with van der Waals surface area (Å²) in [7, 11) is 0. The molecule has 2 aromatic rings.